The summed E-state index contributed by atoms with van der Waals surface area (Å²) in [5.41, 5.74) is 0.374. The van der Waals surface area contributed by atoms with E-state index >= 15 is 0 Å². The Morgan fingerprint density at radius 2 is 1.95 bits per heavy atom. The Hall–Kier alpha value is -1.24. The summed E-state index contributed by atoms with van der Waals surface area (Å²) in [7, 11) is -3.68. The number of sulfonamides is 1. The summed E-state index contributed by atoms with van der Waals surface area (Å²) in [6, 6.07) is 11.3. The zero-order valence-electron chi connectivity index (χ0n) is 11.1. The van der Waals surface area contributed by atoms with Gasteiger partial charge in [-0.25, -0.2) is 8.42 Å². The van der Waals surface area contributed by atoms with E-state index in [2.05, 4.69) is 20.7 Å². The Kier molecular flexibility index (Phi) is 5.13. The fourth-order valence-corrected chi connectivity index (χ4v) is 4.00. The molecule has 0 atom stereocenters. The summed E-state index contributed by atoms with van der Waals surface area (Å²) in [6.45, 7) is 2.33. The predicted octanol–water partition coefficient (Wildman–Crippen LogP) is 4.30. The van der Waals surface area contributed by atoms with Crippen LogP contribution in [0.3, 0.4) is 0 Å². The lowest BCUT2D eigenvalue weighted by Crippen LogP contribution is -2.13. The smallest absolute Gasteiger partial charge is 0.263 e. The molecule has 112 valence electrons. The molecule has 0 aliphatic heterocycles. The monoisotopic (exact) mass is 389 g/mol. The SMILES string of the molecule is CCOc1ccc(NS(=O)(=O)c2ccccc2Br)cc1Cl. The topological polar surface area (TPSA) is 55.4 Å². The van der Waals surface area contributed by atoms with E-state index in [4.69, 9.17) is 16.3 Å². The summed E-state index contributed by atoms with van der Waals surface area (Å²) in [5, 5.41) is 0.351. The third kappa shape index (κ3) is 3.90. The number of ether oxygens (including phenoxy) is 1. The molecule has 0 radical (unpaired) electrons. The van der Waals surface area contributed by atoms with E-state index in [0.717, 1.165) is 0 Å². The fraction of sp³-hybridized carbons (Fsp3) is 0.143. The molecule has 21 heavy (non-hydrogen) atoms. The molecule has 7 heteroatoms. The molecule has 2 aromatic carbocycles. The molecule has 0 aliphatic rings. The highest BCUT2D eigenvalue weighted by atomic mass is 79.9. The Labute approximate surface area is 137 Å². The van der Waals surface area contributed by atoms with Crippen LogP contribution < -0.4 is 9.46 Å². The zero-order valence-corrected chi connectivity index (χ0v) is 14.3. The lowest BCUT2D eigenvalue weighted by Gasteiger charge is -2.11. The van der Waals surface area contributed by atoms with Gasteiger partial charge in [0.1, 0.15) is 10.6 Å². The number of benzene rings is 2. The van der Waals surface area contributed by atoms with Crippen LogP contribution in [0, 0.1) is 0 Å². The van der Waals surface area contributed by atoms with Crippen molar-refractivity contribution in [3.05, 3.63) is 52.0 Å². The molecule has 0 bridgehead atoms. The second-order valence-electron chi connectivity index (χ2n) is 4.11. The molecule has 2 rings (SSSR count). The van der Waals surface area contributed by atoms with E-state index in [-0.39, 0.29) is 4.90 Å². The van der Waals surface area contributed by atoms with Gasteiger partial charge in [-0.05, 0) is 53.2 Å². The maximum Gasteiger partial charge on any atom is 0.263 e. The maximum absolute atomic E-state index is 12.3. The van der Waals surface area contributed by atoms with Crippen LogP contribution in [0.5, 0.6) is 5.75 Å². The number of anilines is 1. The van der Waals surface area contributed by atoms with Crippen molar-refractivity contribution >= 4 is 43.2 Å². The zero-order chi connectivity index (χ0) is 15.5. The van der Waals surface area contributed by atoms with E-state index in [1.54, 1.807) is 30.3 Å². The van der Waals surface area contributed by atoms with Gasteiger partial charge in [0.15, 0.2) is 0 Å². The highest BCUT2D eigenvalue weighted by Gasteiger charge is 2.17. The third-order valence-electron chi connectivity index (χ3n) is 2.61. The fourth-order valence-electron chi connectivity index (χ4n) is 1.71. The minimum absolute atomic E-state index is 0.162. The van der Waals surface area contributed by atoms with Crippen LogP contribution in [-0.4, -0.2) is 15.0 Å². The molecular weight excluding hydrogens is 378 g/mol. The van der Waals surface area contributed by atoms with Crippen LogP contribution in [0.4, 0.5) is 5.69 Å². The molecule has 0 saturated heterocycles. The Morgan fingerprint density at radius 3 is 2.57 bits per heavy atom. The Balaban J connectivity index is 2.29. The maximum atomic E-state index is 12.3. The molecule has 0 spiro atoms. The second-order valence-corrected chi connectivity index (χ2v) is 7.03. The summed E-state index contributed by atoms with van der Waals surface area (Å²) in [5.74, 6) is 0.517. The molecule has 2 aromatic rings. The lowest BCUT2D eigenvalue weighted by molar-refractivity contribution is 0.340. The van der Waals surface area contributed by atoms with Crippen molar-refractivity contribution in [2.45, 2.75) is 11.8 Å². The summed E-state index contributed by atoms with van der Waals surface area (Å²) >= 11 is 9.27. The molecule has 0 heterocycles. The molecule has 0 amide bonds. The van der Waals surface area contributed by atoms with Crippen LogP contribution in [0.25, 0.3) is 0 Å². The third-order valence-corrected chi connectivity index (χ3v) is 5.30. The van der Waals surface area contributed by atoms with E-state index < -0.39 is 10.0 Å². The molecule has 0 fully saturated rings. The van der Waals surface area contributed by atoms with Gasteiger partial charge in [-0.15, -0.1) is 0 Å². The van der Waals surface area contributed by atoms with Crippen LogP contribution in [-0.2, 0) is 10.0 Å². The quantitative estimate of drug-likeness (QED) is 0.828. The van der Waals surface area contributed by atoms with Crippen molar-refractivity contribution in [2.24, 2.45) is 0 Å². The molecule has 1 N–H and O–H groups in total. The average Bonchev–Trinajstić information content (AvgIpc) is 2.42. The number of nitrogens with one attached hydrogen (secondary N) is 1. The van der Waals surface area contributed by atoms with E-state index in [0.29, 0.717) is 27.5 Å². The van der Waals surface area contributed by atoms with Gasteiger partial charge in [-0.3, -0.25) is 4.72 Å². The summed E-state index contributed by atoms with van der Waals surface area (Å²) in [4.78, 5) is 0.162. The summed E-state index contributed by atoms with van der Waals surface area (Å²) < 4.78 is 32.9. The van der Waals surface area contributed by atoms with Crippen molar-refractivity contribution in [1.82, 2.24) is 0 Å². The normalized spacial score (nSPS) is 11.2. The van der Waals surface area contributed by atoms with Crippen molar-refractivity contribution < 1.29 is 13.2 Å². The van der Waals surface area contributed by atoms with Crippen LogP contribution >= 0.6 is 27.5 Å². The Bertz CT molecular complexity index is 750. The minimum atomic E-state index is -3.68. The van der Waals surface area contributed by atoms with E-state index in [1.807, 2.05) is 6.92 Å². The number of halogens is 2. The first-order valence-electron chi connectivity index (χ1n) is 6.13. The van der Waals surface area contributed by atoms with E-state index in [1.165, 1.54) is 12.1 Å². The van der Waals surface area contributed by atoms with Gasteiger partial charge in [0, 0.05) is 4.47 Å². The lowest BCUT2D eigenvalue weighted by atomic mass is 10.3. The van der Waals surface area contributed by atoms with Crippen LogP contribution in [0.15, 0.2) is 51.8 Å². The number of rotatable bonds is 5. The van der Waals surface area contributed by atoms with Crippen LogP contribution in [0.2, 0.25) is 5.02 Å². The molecule has 0 aliphatic carbocycles. The van der Waals surface area contributed by atoms with Gasteiger partial charge in [-0.2, -0.15) is 0 Å². The van der Waals surface area contributed by atoms with Gasteiger partial charge in [0.05, 0.1) is 17.3 Å². The molecule has 0 aromatic heterocycles. The Morgan fingerprint density at radius 1 is 1.24 bits per heavy atom. The van der Waals surface area contributed by atoms with Gasteiger partial charge in [0.2, 0.25) is 0 Å². The highest BCUT2D eigenvalue weighted by Crippen LogP contribution is 2.29. The minimum Gasteiger partial charge on any atom is -0.492 e. The largest absolute Gasteiger partial charge is 0.492 e. The molecule has 0 saturated carbocycles. The predicted molar refractivity (Wildman–Crippen MR) is 87.6 cm³/mol. The van der Waals surface area contributed by atoms with Crippen molar-refractivity contribution in [1.29, 1.82) is 0 Å². The number of hydrogen-bond donors (Lipinski definition) is 1. The first-order valence-corrected chi connectivity index (χ1v) is 8.79. The van der Waals surface area contributed by atoms with E-state index in [9.17, 15) is 8.42 Å². The first kappa shape index (κ1) is 16.1. The molecule has 4 nitrogen and oxygen atoms in total. The van der Waals surface area contributed by atoms with Crippen LogP contribution in [0.1, 0.15) is 6.92 Å². The molecule has 0 unspecified atom stereocenters. The number of hydrogen-bond acceptors (Lipinski definition) is 3. The van der Waals surface area contributed by atoms with Gasteiger partial charge in [-0.1, -0.05) is 23.7 Å². The summed E-state index contributed by atoms with van der Waals surface area (Å²) in [6.07, 6.45) is 0. The molecular formula is C14H13BrClNO3S. The van der Waals surface area contributed by atoms with Crippen molar-refractivity contribution in [2.75, 3.05) is 11.3 Å². The van der Waals surface area contributed by atoms with Gasteiger partial charge >= 0.3 is 0 Å². The average molecular weight is 391 g/mol. The second kappa shape index (κ2) is 6.68. The van der Waals surface area contributed by atoms with Crippen molar-refractivity contribution in [3.8, 4) is 5.75 Å². The van der Waals surface area contributed by atoms with Gasteiger partial charge < -0.3 is 4.74 Å². The standard InChI is InChI=1S/C14H13BrClNO3S/c1-2-20-13-8-7-10(9-12(13)16)17-21(18,19)14-6-4-3-5-11(14)15/h3-9,17H,2H2,1H3. The van der Waals surface area contributed by atoms with Crippen molar-refractivity contribution in [3.63, 3.8) is 0 Å². The highest BCUT2D eigenvalue weighted by molar-refractivity contribution is 9.10. The van der Waals surface area contributed by atoms with Gasteiger partial charge in [0.25, 0.3) is 10.0 Å². The first-order chi connectivity index (χ1) is 9.94.